The lowest BCUT2D eigenvalue weighted by molar-refractivity contribution is 0.247. The summed E-state index contributed by atoms with van der Waals surface area (Å²) in [6, 6.07) is 6.60. The third kappa shape index (κ3) is 3.83. The maximum absolute atomic E-state index is 3.65. The first kappa shape index (κ1) is 14.1. The summed E-state index contributed by atoms with van der Waals surface area (Å²) in [6.07, 6.45) is 5.68. The van der Waals surface area contributed by atoms with Crippen molar-refractivity contribution >= 4 is 15.9 Å². The second kappa shape index (κ2) is 6.72. The molecule has 2 rings (SSSR count). The Balaban J connectivity index is 1.81. The van der Waals surface area contributed by atoms with Crippen molar-refractivity contribution < 1.29 is 0 Å². The monoisotopic (exact) mass is 309 g/mol. The summed E-state index contributed by atoms with van der Waals surface area (Å²) in [5.74, 6) is 1.77. The summed E-state index contributed by atoms with van der Waals surface area (Å²) < 4.78 is 1.23. The minimum atomic E-state index is 0.878. The summed E-state index contributed by atoms with van der Waals surface area (Å²) >= 11 is 3.65. The van der Waals surface area contributed by atoms with Crippen molar-refractivity contribution in [2.45, 2.75) is 46.1 Å². The van der Waals surface area contributed by atoms with Crippen LogP contribution >= 0.6 is 15.9 Å². The molecule has 2 heteroatoms. The lowest BCUT2D eigenvalue weighted by Crippen LogP contribution is -2.29. The van der Waals surface area contributed by atoms with Crippen molar-refractivity contribution in [3.8, 4) is 0 Å². The maximum Gasteiger partial charge on any atom is 0.0222 e. The van der Waals surface area contributed by atoms with E-state index >= 15 is 0 Å². The molecule has 0 radical (unpaired) electrons. The van der Waals surface area contributed by atoms with Gasteiger partial charge in [-0.1, -0.05) is 54.2 Å². The fourth-order valence-corrected chi connectivity index (χ4v) is 3.52. The van der Waals surface area contributed by atoms with Gasteiger partial charge in [0.2, 0.25) is 0 Å². The molecule has 1 aromatic rings. The highest BCUT2D eigenvalue weighted by Crippen LogP contribution is 2.29. The summed E-state index contributed by atoms with van der Waals surface area (Å²) in [7, 11) is 0. The van der Waals surface area contributed by atoms with Gasteiger partial charge >= 0.3 is 0 Å². The van der Waals surface area contributed by atoms with Crippen molar-refractivity contribution in [2.24, 2.45) is 11.8 Å². The first-order valence-electron chi connectivity index (χ1n) is 7.12. The van der Waals surface area contributed by atoms with Crippen molar-refractivity contribution in [2.75, 3.05) is 6.54 Å². The lowest BCUT2D eigenvalue weighted by atomic mass is 9.80. The zero-order valence-electron chi connectivity index (χ0n) is 11.5. The first-order chi connectivity index (χ1) is 8.66. The van der Waals surface area contributed by atoms with E-state index in [9.17, 15) is 0 Å². The maximum atomic E-state index is 3.65. The standard InChI is InChI=1S/C16H24BrN/c1-12-7-8-15(16(17)9-12)11-18-10-14-6-4-3-5-13(14)2/h7-9,13-14,18H,3-6,10-11H2,1-2H3. The molecule has 1 aliphatic rings. The molecule has 1 saturated carbocycles. The van der Waals surface area contributed by atoms with E-state index in [4.69, 9.17) is 0 Å². The molecule has 0 aliphatic heterocycles. The summed E-state index contributed by atoms with van der Waals surface area (Å²) in [5.41, 5.74) is 2.68. The van der Waals surface area contributed by atoms with Crippen LogP contribution in [0, 0.1) is 18.8 Å². The summed E-state index contributed by atoms with van der Waals surface area (Å²) in [4.78, 5) is 0. The fraction of sp³-hybridized carbons (Fsp3) is 0.625. The molecule has 0 amide bonds. The number of hydrogen-bond acceptors (Lipinski definition) is 1. The van der Waals surface area contributed by atoms with E-state index in [-0.39, 0.29) is 0 Å². The Labute approximate surface area is 119 Å². The van der Waals surface area contributed by atoms with Crippen LogP contribution in [0.25, 0.3) is 0 Å². The predicted octanol–water partition coefficient (Wildman–Crippen LogP) is 4.67. The number of rotatable bonds is 4. The van der Waals surface area contributed by atoms with Crippen LogP contribution in [0.3, 0.4) is 0 Å². The van der Waals surface area contributed by atoms with Gasteiger partial charge in [0.1, 0.15) is 0 Å². The molecule has 0 saturated heterocycles. The van der Waals surface area contributed by atoms with Gasteiger partial charge in [0.15, 0.2) is 0 Å². The predicted molar refractivity (Wildman–Crippen MR) is 81.7 cm³/mol. The van der Waals surface area contributed by atoms with Crippen LogP contribution in [0.5, 0.6) is 0 Å². The van der Waals surface area contributed by atoms with Gasteiger partial charge in [-0.3, -0.25) is 0 Å². The molecular weight excluding hydrogens is 286 g/mol. The molecular formula is C16H24BrN. The van der Waals surface area contributed by atoms with Gasteiger partial charge in [-0.15, -0.1) is 0 Å². The topological polar surface area (TPSA) is 12.0 Å². The Morgan fingerprint density at radius 1 is 1.28 bits per heavy atom. The van der Waals surface area contributed by atoms with Crippen molar-refractivity contribution in [3.05, 3.63) is 33.8 Å². The molecule has 2 atom stereocenters. The quantitative estimate of drug-likeness (QED) is 0.852. The van der Waals surface area contributed by atoms with Crippen LogP contribution in [0.4, 0.5) is 0 Å². The van der Waals surface area contributed by atoms with Crippen LogP contribution < -0.4 is 5.32 Å². The molecule has 0 spiro atoms. The van der Waals surface area contributed by atoms with Gasteiger partial charge in [0.25, 0.3) is 0 Å². The van der Waals surface area contributed by atoms with Gasteiger partial charge in [0, 0.05) is 11.0 Å². The molecule has 1 nitrogen and oxygen atoms in total. The van der Waals surface area contributed by atoms with E-state index < -0.39 is 0 Å². The number of benzene rings is 1. The largest absolute Gasteiger partial charge is 0.312 e. The van der Waals surface area contributed by atoms with Crippen LogP contribution in [0.15, 0.2) is 22.7 Å². The molecule has 1 aromatic carbocycles. The van der Waals surface area contributed by atoms with Crippen molar-refractivity contribution in [1.82, 2.24) is 5.32 Å². The third-order valence-electron chi connectivity index (χ3n) is 4.22. The molecule has 1 aliphatic carbocycles. The number of aryl methyl sites for hydroxylation is 1. The minimum absolute atomic E-state index is 0.878. The summed E-state index contributed by atoms with van der Waals surface area (Å²) in [5, 5.41) is 3.63. The normalized spacial score (nSPS) is 24.2. The highest BCUT2D eigenvalue weighted by atomic mass is 79.9. The highest BCUT2D eigenvalue weighted by molar-refractivity contribution is 9.10. The second-order valence-electron chi connectivity index (χ2n) is 5.75. The van der Waals surface area contributed by atoms with Crippen LogP contribution in [-0.2, 0) is 6.54 Å². The first-order valence-corrected chi connectivity index (χ1v) is 7.92. The smallest absolute Gasteiger partial charge is 0.0222 e. The van der Waals surface area contributed by atoms with Crippen molar-refractivity contribution in [1.29, 1.82) is 0 Å². The van der Waals surface area contributed by atoms with E-state index in [1.54, 1.807) is 0 Å². The molecule has 0 bridgehead atoms. The van der Waals surface area contributed by atoms with Gasteiger partial charge in [-0.25, -0.2) is 0 Å². The minimum Gasteiger partial charge on any atom is -0.312 e. The SMILES string of the molecule is Cc1ccc(CNCC2CCCCC2C)c(Br)c1. The van der Waals surface area contributed by atoms with E-state index in [0.29, 0.717) is 0 Å². The zero-order chi connectivity index (χ0) is 13.0. The number of nitrogens with one attached hydrogen (secondary N) is 1. The molecule has 18 heavy (non-hydrogen) atoms. The number of hydrogen-bond donors (Lipinski definition) is 1. The van der Waals surface area contributed by atoms with E-state index in [0.717, 1.165) is 18.4 Å². The van der Waals surface area contributed by atoms with Gasteiger partial charge in [-0.2, -0.15) is 0 Å². The fourth-order valence-electron chi connectivity index (χ4n) is 2.88. The lowest BCUT2D eigenvalue weighted by Gasteiger charge is -2.29. The molecule has 2 unspecified atom stereocenters. The Kier molecular flexibility index (Phi) is 5.25. The molecule has 0 aromatic heterocycles. The number of halogens is 1. The Bertz CT molecular complexity index is 389. The highest BCUT2D eigenvalue weighted by Gasteiger charge is 2.20. The van der Waals surface area contributed by atoms with Gasteiger partial charge in [0.05, 0.1) is 0 Å². The zero-order valence-corrected chi connectivity index (χ0v) is 13.1. The molecule has 100 valence electrons. The second-order valence-corrected chi connectivity index (χ2v) is 6.60. The van der Waals surface area contributed by atoms with Crippen LogP contribution in [0.2, 0.25) is 0 Å². The summed E-state index contributed by atoms with van der Waals surface area (Å²) in [6.45, 7) is 6.69. The van der Waals surface area contributed by atoms with Crippen molar-refractivity contribution in [3.63, 3.8) is 0 Å². The molecule has 0 heterocycles. The Hall–Kier alpha value is -0.340. The van der Waals surface area contributed by atoms with Crippen LogP contribution in [0.1, 0.15) is 43.7 Å². The average molecular weight is 310 g/mol. The Morgan fingerprint density at radius 2 is 2.06 bits per heavy atom. The molecule has 1 N–H and O–H groups in total. The Morgan fingerprint density at radius 3 is 2.78 bits per heavy atom. The van der Waals surface area contributed by atoms with E-state index in [1.165, 1.54) is 47.8 Å². The third-order valence-corrected chi connectivity index (χ3v) is 4.96. The van der Waals surface area contributed by atoms with Crippen LogP contribution in [-0.4, -0.2) is 6.54 Å². The van der Waals surface area contributed by atoms with E-state index in [2.05, 4.69) is 53.3 Å². The molecule has 1 fully saturated rings. The average Bonchev–Trinajstić information content (AvgIpc) is 2.34. The van der Waals surface area contributed by atoms with E-state index in [1.807, 2.05) is 0 Å². The van der Waals surface area contributed by atoms with Gasteiger partial charge in [-0.05, 0) is 48.9 Å². The van der Waals surface area contributed by atoms with Gasteiger partial charge < -0.3 is 5.32 Å².